The molecule has 1 aliphatic rings. The first-order chi connectivity index (χ1) is 6.06. The first kappa shape index (κ1) is 10.4. The first-order valence-electron chi connectivity index (χ1n) is 4.18. The van der Waals surface area contributed by atoms with Crippen molar-refractivity contribution in [3.63, 3.8) is 0 Å². The molecule has 0 bridgehead atoms. The van der Waals surface area contributed by atoms with Gasteiger partial charge in [0.15, 0.2) is 5.25 Å². The van der Waals surface area contributed by atoms with Crippen molar-refractivity contribution in [3.05, 3.63) is 0 Å². The monoisotopic (exact) mass is 203 g/mol. The Kier molecular flexibility index (Phi) is 3.25. The molecule has 5 nitrogen and oxygen atoms in total. The van der Waals surface area contributed by atoms with Gasteiger partial charge in [0.25, 0.3) is 0 Å². The highest BCUT2D eigenvalue weighted by molar-refractivity contribution is 7.90. The molecular formula is C7H13N3O2S. The highest BCUT2D eigenvalue weighted by Crippen LogP contribution is 2.03. The lowest BCUT2D eigenvalue weighted by molar-refractivity contribution is 0.556. The molecule has 2 N–H and O–H groups in total. The number of nitriles is 1. The van der Waals surface area contributed by atoms with Gasteiger partial charge in [0, 0.05) is 12.6 Å². The van der Waals surface area contributed by atoms with Crippen LogP contribution in [-0.4, -0.2) is 32.8 Å². The van der Waals surface area contributed by atoms with Crippen LogP contribution < -0.4 is 10.0 Å². The highest BCUT2D eigenvalue weighted by Gasteiger charge is 2.25. The summed E-state index contributed by atoms with van der Waals surface area (Å²) in [7, 11) is -3.44. The van der Waals surface area contributed by atoms with Gasteiger partial charge in [-0.25, -0.2) is 13.1 Å². The molecule has 0 saturated carbocycles. The summed E-state index contributed by atoms with van der Waals surface area (Å²) >= 11 is 0. The van der Waals surface area contributed by atoms with Crippen LogP contribution in [0.15, 0.2) is 0 Å². The fourth-order valence-electron chi connectivity index (χ4n) is 1.16. The quantitative estimate of drug-likeness (QED) is 0.628. The molecule has 1 heterocycles. The Labute approximate surface area is 78.2 Å². The molecule has 0 radical (unpaired) electrons. The van der Waals surface area contributed by atoms with Crippen molar-refractivity contribution in [2.24, 2.45) is 0 Å². The molecule has 0 aromatic rings. The van der Waals surface area contributed by atoms with E-state index in [4.69, 9.17) is 5.26 Å². The lowest BCUT2D eigenvalue weighted by atomic mass is 10.3. The summed E-state index contributed by atoms with van der Waals surface area (Å²) in [5.74, 6) is 0. The van der Waals surface area contributed by atoms with Gasteiger partial charge in [-0.3, -0.25) is 0 Å². The maximum atomic E-state index is 11.4. The molecule has 13 heavy (non-hydrogen) atoms. The van der Waals surface area contributed by atoms with Crippen molar-refractivity contribution in [2.45, 2.75) is 24.6 Å². The lowest BCUT2D eigenvalue weighted by Crippen LogP contribution is -2.40. The molecule has 2 atom stereocenters. The fourth-order valence-corrected chi connectivity index (χ4v) is 2.17. The Balaban J connectivity index is 2.57. The van der Waals surface area contributed by atoms with Crippen LogP contribution in [0.3, 0.4) is 0 Å². The second-order valence-electron chi connectivity index (χ2n) is 3.12. The van der Waals surface area contributed by atoms with Gasteiger partial charge in [0.1, 0.15) is 0 Å². The van der Waals surface area contributed by atoms with Gasteiger partial charge in [-0.2, -0.15) is 5.26 Å². The van der Waals surface area contributed by atoms with Gasteiger partial charge >= 0.3 is 0 Å². The third kappa shape index (κ3) is 2.66. The average molecular weight is 203 g/mol. The predicted octanol–water partition coefficient (Wildman–Crippen LogP) is -0.820. The fraction of sp³-hybridized carbons (Fsp3) is 0.857. The maximum Gasteiger partial charge on any atom is 0.227 e. The van der Waals surface area contributed by atoms with Crippen molar-refractivity contribution >= 4 is 10.0 Å². The zero-order valence-electron chi connectivity index (χ0n) is 7.45. The van der Waals surface area contributed by atoms with E-state index in [-0.39, 0.29) is 6.04 Å². The van der Waals surface area contributed by atoms with Gasteiger partial charge < -0.3 is 5.32 Å². The van der Waals surface area contributed by atoms with E-state index in [2.05, 4.69) is 10.0 Å². The predicted molar refractivity (Wildman–Crippen MR) is 48.4 cm³/mol. The molecule has 1 unspecified atom stereocenters. The minimum absolute atomic E-state index is 0.0548. The number of nitrogens with zero attached hydrogens (tertiary/aromatic N) is 1. The van der Waals surface area contributed by atoms with Gasteiger partial charge in [-0.15, -0.1) is 0 Å². The summed E-state index contributed by atoms with van der Waals surface area (Å²) in [5, 5.41) is 10.5. The molecular weight excluding hydrogens is 190 g/mol. The van der Waals surface area contributed by atoms with Gasteiger partial charge in [-0.05, 0) is 19.9 Å². The van der Waals surface area contributed by atoms with E-state index in [0.29, 0.717) is 6.54 Å². The summed E-state index contributed by atoms with van der Waals surface area (Å²) in [4.78, 5) is 0. The maximum absolute atomic E-state index is 11.4. The van der Waals surface area contributed by atoms with Crippen molar-refractivity contribution in [1.29, 1.82) is 5.26 Å². The van der Waals surface area contributed by atoms with Crippen molar-refractivity contribution in [1.82, 2.24) is 10.0 Å². The standard InChI is InChI=1S/C7H13N3O2S/c1-6(4-8)13(11,12)10-7-2-3-9-5-7/h6-7,9-10H,2-3,5H2,1H3/t6?,7-/m1/s1. The van der Waals surface area contributed by atoms with Crippen LogP contribution in [0.4, 0.5) is 0 Å². The zero-order chi connectivity index (χ0) is 9.90. The van der Waals surface area contributed by atoms with E-state index < -0.39 is 15.3 Å². The average Bonchev–Trinajstić information content (AvgIpc) is 2.54. The van der Waals surface area contributed by atoms with Crippen LogP contribution >= 0.6 is 0 Å². The van der Waals surface area contributed by atoms with Crippen LogP contribution in [0.2, 0.25) is 0 Å². The van der Waals surface area contributed by atoms with E-state index in [1.807, 2.05) is 0 Å². The minimum atomic E-state index is -3.44. The Morgan fingerprint density at radius 1 is 1.69 bits per heavy atom. The normalized spacial score (nSPS) is 25.4. The number of rotatable bonds is 3. The van der Waals surface area contributed by atoms with Crippen LogP contribution in [-0.2, 0) is 10.0 Å². The van der Waals surface area contributed by atoms with Gasteiger partial charge in [0.2, 0.25) is 10.0 Å². The molecule has 6 heteroatoms. The summed E-state index contributed by atoms with van der Waals surface area (Å²) < 4.78 is 25.2. The van der Waals surface area contributed by atoms with E-state index in [9.17, 15) is 8.42 Å². The summed E-state index contributed by atoms with van der Waals surface area (Å²) in [6, 6.07) is 1.65. The Morgan fingerprint density at radius 2 is 2.38 bits per heavy atom. The SMILES string of the molecule is CC(C#N)S(=O)(=O)N[C@@H]1CCNC1. The smallest absolute Gasteiger partial charge is 0.227 e. The summed E-state index contributed by atoms with van der Waals surface area (Å²) in [5.41, 5.74) is 0. The van der Waals surface area contributed by atoms with Crippen LogP contribution in [0.25, 0.3) is 0 Å². The van der Waals surface area contributed by atoms with E-state index >= 15 is 0 Å². The second-order valence-corrected chi connectivity index (χ2v) is 5.16. The van der Waals surface area contributed by atoms with Crippen molar-refractivity contribution in [2.75, 3.05) is 13.1 Å². The third-order valence-corrected chi connectivity index (χ3v) is 3.74. The molecule has 1 saturated heterocycles. The largest absolute Gasteiger partial charge is 0.315 e. The first-order valence-corrected chi connectivity index (χ1v) is 5.72. The van der Waals surface area contributed by atoms with Crippen molar-refractivity contribution < 1.29 is 8.42 Å². The van der Waals surface area contributed by atoms with E-state index in [1.54, 1.807) is 6.07 Å². The molecule has 1 aliphatic heterocycles. The summed E-state index contributed by atoms with van der Waals surface area (Å²) in [6.07, 6.45) is 0.789. The topological polar surface area (TPSA) is 82.0 Å². The number of sulfonamides is 1. The number of hydrogen-bond acceptors (Lipinski definition) is 4. The molecule has 0 aliphatic carbocycles. The second kappa shape index (κ2) is 4.05. The minimum Gasteiger partial charge on any atom is -0.315 e. The molecule has 74 valence electrons. The molecule has 0 amide bonds. The molecule has 1 rings (SSSR count). The van der Waals surface area contributed by atoms with Gasteiger partial charge in [-0.1, -0.05) is 0 Å². The Morgan fingerprint density at radius 3 is 2.85 bits per heavy atom. The lowest BCUT2D eigenvalue weighted by Gasteiger charge is -2.12. The summed E-state index contributed by atoms with van der Waals surface area (Å²) in [6.45, 7) is 2.86. The Bertz CT molecular complexity index is 300. The number of hydrogen-bond donors (Lipinski definition) is 2. The molecule has 0 spiro atoms. The van der Waals surface area contributed by atoms with Crippen molar-refractivity contribution in [3.8, 4) is 6.07 Å². The van der Waals surface area contributed by atoms with E-state index in [0.717, 1.165) is 13.0 Å². The highest BCUT2D eigenvalue weighted by atomic mass is 32.2. The van der Waals surface area contributed by atoms with Gasteiger partial charge in [0.05, 0.1) is 6.07 Å². The third-order valence-electron chi connectivity index (χ3n) is 2.04. The number of nitrogens with one attached hydrogen (secondary N) is 2. The molecule has 1 fully saturated rings. The zero-order valence-corrected chi connectivity index (χ0v) is 8.26. The van der Waals surface area contributed by atoms with E-state index in [1.165, 1.54) is 6.92 Å². The Hall–Kier alpha value is -0.640. The van der Waals surface area contributed by atoms with Crippen LogP contribution in [0.5, 0.6) is 0 Å². The van der Waals surface area contributed by atoms with Crippen LogP contribution in [0, 0.1) is 11.3 Å². The molecule has 0 aromatic carbocycles. The molecule has 0 aromatic heterocycles. The van der Waals surface area contributed by atoms with Crippen LogP contribution in [0.1, 0.15) is 13.3 Å².